The minimum atomic E-state index is 0.462. The summed E-state index contributed by atoms with van der Waals surface area (Å²) in [4.78, 5) is 6.30. The summed E-state index contributed by atoms with van der Waals surface area (Å²) in [5.74, 6) is 0. The van der Waals surface area contributed by atoms with Crippen LogP contribution in [0.2, 0.25) is 0 Å². The summed E-state index contributed by atoms with van der Waals surface area (Å²) in [5, 5.41) is 8.67. The van der Waals surface area contributed by atoms with Gasteiger partial charge in [0.05, 0.1) is 11.9 Å². The molecule has 0 aliphatic carbocycles. The van der Waals surface area contributed by atoms with Gasteiger partial charge in [-0.15, -0.1) is 0 Å². The van der Waals surface area contributed by atoms with E-state index >= 15 is 0 Å². The first kappa shape index (κ1) is 10.9. The average molecular weight is 217 g/mol. The molecule has 0 N–H and O–H groups in total. The number of hydrogen-bond donors (Lipinski definition) is 0. The van der Waals surface area contributed by atoms with Crippen LogP contribution in [-0.4, -0.2) is 31.3 Å². The Hall–Kier alpha value is -1.60. The van der Waals surface area contributed by atoms with Crippen molar-refractivity contribution in [1.29, 1.82) is 5.26 Å². The fourth-order valence-electron chi connectivity index (χ4n) is 1.94. The number of rotatable bonds is 2. The third-order valence-electron chi connectivity index (χ3n) is 3.01. The number of aromatic nitrogens is 1. The van der Waals surface area contributed by atoms with Crippen LogP contribution < -0.4 is 4.90 Å². The molecule has 0 spiro atoms. The largest absolute Gasteiger partial charge is 0.381 e. The molecule has 1 fully saturated rings. The third kappa shape index (κ3) is 2.31. The van der Waals surface area contributed by atoms with E-state index in [-0.39, 0.29) is 0 Å². The lowest BCUT2D eigenvalue weighted by molar-refractivity contribution is 0.0855. The van der Waals surface area contributed by atoms with E-state index < -0.39 is 0 Å². The Labute approximate surface area is 95.5 Å². The van der Waals surface area contributed by atoms with E-state index in [1.165, 1.54) is 0 Å². The normalized spacial score (nSPS) is 16.8. The van der Waals surface area contributed by atoms with Gasteiger partial charge in [0.15, 0.2) is 0 Å². The molecule has 1 aromatic rings. The highest BCUT2D eigenvalue weighted by Crippen LogP contribution is 2.20. The molecule has 0 unspecified atom stereocenters. The van der Waals surface area contributed by atoms with E-state index in [9.17, 15) is 0 Å². The van der Waals surface area contributed by atoms with Crippen LogP contribution in [0.15, 0.2) is 18.3 Å². The molecule has 0 amide bonds. The van der Waals surface area contributed by atoms with Crippen LogP contribution in [0, 0.1) is 11.3 Å². The van der Waals surface area contributed by atoms with Gasteiger partial charge in [0.25, 0.3) is 0 Å². The molecular weight excluding hydrogens is 202 g/mol. The Kier molecular flexibility index (Phi) is 3.37. The summed E-state index contributed by atoms with van der Waals surface area (Å²) in [6.07, 6.45) is 3.86. The molecule has 4 heteroatoms. The standard InChI is InChI=1S/C12H15N3O/c1-15(11-4-6-16-7-5-11)12-3-2-10(8-13)14-9-12/h2-3,9,11H,4-7H2,1H3. The highest BCUT2D eigenvalue weighted by molar-refractivity contribution is 5.46. The predicted molar refractivity (Wildman–Crippen MR) is 61.2 cm³/mol. The Balaban J connectivity index is 2.07. The third-order valence-corrected chi connectivity index (χ3v) is 3.01. The molecule has 1 aliphatic heterocycles. The van der Waals surface area contributed by atoms with Gasteiger partial charge in [-0.05, 0) is 25.0 Å². The summed E-state index contributed by atoms with van der Waals surface area (Å²) < 4.78 is 5.34. The summed E-state index contributed by atoms with van der Waals surface area (Å²) >= 11 is 0. The van der Waals surface area contributed by atoms with Crippen molar-refractivity contribution in [2.45, 2.75) is 18.9 Å². The second-order valence-electron chi connectivity index (χ2n) is 3.97. The molecule has 1 aliphatic rings. The first-order valence-electron chi connectivity index (χ1n) is 5.48. The summed E-state index contributed by atoms with van der Waals surface area (Å²) in [6, 6.07) is 6.24. The van der Waals surface area contributed by atoms with Crippen LogP contribution in [0.5, 0.6) is 0 Å². The lowest BCUT2D eigenvalue weighted by Crippen LogP contribution is -2.36. The van der Waals surface area contributed by atoms with Crippen LogP contribution in [0.4, 0.5) is 5.69 Å². The Morgan fingerprint density at radius 3 is 2.75 bits per heavy atom. The van der Waals surface area contributed by atoms with Crippen molar-refractivity contribution in [3.8, 4) is 6.07 Å². The van der Waals surface area contributed by atoms with Crippen LogP contribution >= 0.6 is 0 Å². The van der Waals surface area contributed by atoms with Crippen LogP contribution in [0.25, 0.3) is 0 Å². The maximum absolute atomic E-state index is 8.67. The van der Waals surface area contributed by atoms with Crippen molar-refractivity contribution >= 4 is 5.69 Å². The van der Waals surface area contributed by atoms with Gasteiger partial charge < -0.3 is 9.64 Å². The molecule has 0 radical (unpaired) electrons. The van der Waals surface area contributed by atoms with Gasteiger partial charge in [-0.3, -0.25) is 0 Å². The van der Waals surface area contributed by atoms with Crippen molar-refractivity contribution in [3.05, 3.63) is 24.0 Å². The number of anilines is 1. The molecule has 1 aromatic heterocycles. The molecule has 84 valence electrons. The van der Waals surface area contributed by atoms with Gasteiger partial charge in [-0.25, -0.2) is 4.98 Å². The second-order valence-corrected chi connectivity index (χ2v) is 3.97. The molecule has 0 atom stereocenters. The first-order valence-corrected chi connectivity index (χ1v) is 5.48. The number of nitrogens with zero attached hydrogens (tertiary/aromatic N) is 3. The van der Waals surface area contributed by atoms with E-state index in [1.54, 1.807) is 12.3 Å². The second kappa shape index (κ2) is 4.95. The zero-order valence-electron chi connectivity index (χ0n) is 9.39. The number of hydrogen-bond acceptors (Lipinski definition) is 4. The summed E-state index contributed by atoms with van der Waals surface area (Å²) in [6.45, 7) is 1.66. The monoisotopic (exact) mass is 217 g/mol. The minimum absolute atomic E-state index is 0.462. The van der Waals surface area contributed by atoms with Gasteiger partial charge in [-0.2, -0.15) is 5.26 Å². The van der Waals surface area contributed by atoms with Gasteiger partial charge in [0.2, 0.25) is 0 Å². The molecule has 0 aromatic carbocycles. The molecular formula is C12H15N3O. The lowest BCUT2D eigenvalue weighted by Gasteiger charge is -2.32. The number of nitriles is 1. The quantitative estimate of drug-likeness (QED) is 0.754. The molecule has 0 saturated carbocycles. The molecule has 1 saturated heterocycles. The lowest BCUT2D eigenvalue weighted by atomic mass is 10.1. The van der Waals surface area contributed by atoms with Crippen LogP contribution in [0.3, 0.4) is 0 Å². The number of pyridine rings is 1. The molecule has 4 nitrogen and oxygen atoms in total. The Morgan fingerprint density at radius 2 is 2.19 bits per heavy atom. The topological polar surface area (TPSA) is 49.2 Å². The fraction of sp³-hybridized carbons (Fsp3) is 0.500. The van der Waals surface area contributed by atoms with E-state index in [4.69, 9.17) is 10.00 Å². The van der Waals surface area contributed by atoms with Crippen molar-refractivity contribution in [1.82, 2.24) is 4.98 Å². The maximum atomic E-state index is 8.67. The van der Waals surface area contributed by atoms with Crippen LogP contribution in [-0.2, 0) is 4.74 Å². The van der Waals surface area contributed by atoms with E-state index in [1.807, 2.05) is 12.1 Å². The van der Waals surface area contributed by atoms with Gasteiger partial charge in [0, 0.05) is 26.3 Å². The molecule has 0 bridgehead atoms. The number of ether oxygens (including phenoxy) is 1. The Morgan fingerprint density at radius 1 is 1.44 bits per heavy atom. The van der Waals surface area contributed by atoms with Crippen molar-refractivity contribution in [2.75, 3.05) is 25.2 Å². The zero-order chi connectivity index (χ0) is 11.4. The fourth-order valence-corrected chi connectivity index (χ4v) is 1.94. The van der Waals surface area contributed by atoms with E-state index in [2.05, 4.69) is 16.9 Å². The summed E-state index contributed by atoms with van der Waals surface area (Å²) in [7, 11) is 2.07. The van der Waals surface area contributed by atoms with Gasteiger partial charge in [0.1, 0.15) is 11.8 Å². The zero-order valence-corrected chi connectivity index (χ0v) is 9.39. The smallest absolute Gasteiger partial charge is 0.140 e. The highest BCUT2D eigenvalue weighted by atomic mass is 16.5. The maximum Gasteiger partial charge on any atom is 0.140 e. The molecule has 2 heterocycles. The molecule has 16 heavy (non-hydrogen) atoms. The SMILES string of the molecule is CN(c1ccc(C#N)nc1)C1CCOCC1. The summed E-state index contributed by atoms with van der Waals surface area (Å²) in [5.41, 5.74) is 1.52. The van der Waals surface area contributed by atoms with Gasteiger partial charge in [-0.1, -0.05) is 0 Å². The Bertz CT molecular complexity index is 376. The predicted octanol–water partition coefficient (Wildman–Crippen LogP) is 1.57. The first-order chi connectivity index (χ1) is 7.81. The van der Waals surface area contributed by atoms with E-state index in [0.29, 0.717) is 11.7 Å². The molecule has 2 rings (SSSR count). The van der Waals surface area contributed by atoms with Gasteiger partial charge >= 0.3 is 0 Å². The average Bonchev–Trinajstić information content (AvgIpc) is 2.39. The van der Waals surface area contributed by atoms with Crippen molar-refractivity contribution < 1.29 is 4.74 Å². The highest BCUT2D eigenvalue weighted by Gasteiger charge is 2.18. The van der Waals surface area contributed by atoms with Crippen molar-refractivity contribution in [3.63, 3.8) is 0 Å². The van der Waals surface area contributed by atoms with Crippen molar-refractivity contribution in [2.24, 2.45) is 0 Å². The minimum Gasteiger partial charge on any atom is -0.381 e. The van der Waals surface area contributed by atoms with Crippen LogP contribution in [0.1, 0.15) is 18.5 Å². The van der Waals surface area contributed by atoms with E-state index in [0.717, 1.165) is 31.7 Å².